The fourth-order valence-corrected chi connectivity index (χ4v) is 1.52. The standard InChI is InChI=1S/C9H21N3O3S/c1-4-16(14,15)11-8-9(13)10-6-5-7-12(2)3/h11H,4-8H2,1-3H3,(H,10,13). The first kappa shape index (κ1) is 15.3. The van der Waals surface area contributed by atoms with Gasteiger partial charge in [0.2, 0.25) is 15.9 Å². The number of carbonyl (C=O) groups is 1. The summed E-state index contributed by atoms with van der Waals surface area (Å²) in [4.78, 5) is 13.2. The molecule has 0 radical (unpaired) electrons. The molecular weight excluding hydrogens is 230 g/mol. The Labute approximate surface area is 97.4 Å². The Bertz CT molecular complexity index is 301. The van der Waals surface area contributed by atoms with Crippen LogP contribution in [0.25, 0.3) is 0 Å². The Morgan fingerprint density at radius 1 is 1.31 bits per heavy atom. The SMILES string of the molecule is CCS(=O)(=O)NCC(=O)NCCCN(C)C. The summed E-state index contributed by atoms with van der Waals surface area (Å²) in [6.07, 6.45) is 0.846. The first-order valence-corrected chi connectivity index (χ1v) is 6.91. The molecule has 0 spiro atoms. The average Bonchev–Trinajstić information content (AvgIpc) is 2.21. The number of rotatable bonds is 8. The lowest BCUT2D eigenvalue weighted by atomic mass is 10.4. The predicted molar refractivity (Wildman–Crippen MR) is 63.6 cm³/mol. The molecule has 16 heavy (non-hydrogen) atoms. The van der Waals surface area contributed by atoms with Crippen molar-refractivity contribution >= 4 is 15.9 Å². The van der Waals surface area contributed by atoms with Crippen LogP contribution in [0.3, 0.4) is 0 Å². The first-order valence-electron chi connectivity index (χ1n) is 5.26. The minimum atomic E-state index is -3.28. The third-order valence-corrected chi connectivity index (χ3v) is 3.28. The zero-order valence-corrected chi connectivity index (χ0v) is 10.9. The number of hydrogen-bond acceptors (Lipinski definition) is 4. The van der Waals surface area contributed by atoms with Gasteiger partial charge in [0.1, 0.15) is 0 Å². The van der Waals surface area contributed by atoms with Crippen molar-refractivity contribution in [2.24, 2.45) is 0 Å². The average molecular weight is 251 g/mol. The van der Waals surface area contributed by atoms with Crippen LogP contribution in [-0.4, -0.2) is 58.7 Å². The van der Waals surface area contributed by atoms with Crippen molar-refractivity contribution in [1.29, 1.82) is 0 Å². The summed E-state index contributed by atoms with van der Waals surface area (Å²) in [5.74, 6) is -0.309. The summed E-state index contributed by atoms with van der Waals surface area (Å²) in [6, 6.07) is 0. The van der Waals surface area contributed by atoms with Gasteiger partial charge in [-0.1, -0.05) is 0 Å². The lowest BCUT2D eigenvalue weighted by Gasteiger charge is -2.10. The van der Waals surface area contributed by atoms with Crippen molar-refractivity contribution in [3.63, 3.8) is 0 Å². The highest BCUT2D eigenvalue weighted by Gasteiger charge is 2.08. The second kappa shape index (κ2) is 7.59. The van der Waals surface area contributed by atoms with Gasteiger partial charge in [0, 0.05) is 6.54 Å². The summed E-state index contributed by atoms with van der Waals surface area (Å²) in [7, 11) is 0.633. The van der Waals surface area contributed by atoms with Crippen LogP contribution < -0.4 is 10.0 Å². The van der Waals surface area contributed by atoms with Crippen LogP contribution in [-0.2, 0) is 14.8 Å². The van der Waals surface area contributed by atoms with Gasteiger partial charge in [0.15, 0.2) is 0 Å². The maximum absolute atomic E-state index is 11.2. The van der Waals surface area contributed by atoms with E-state index in [1.165, 1.54) is 6.92 Å². The molecule has 0 fully saturated rings. The van der Waals surface area contributed by atoms with Gasteiger partial charge in [0.05, 0.1) is 12.3 Å². The molecule has 0 unspecified atom stereocenters. The number of amides is 1. The summed E-state index contributed by atoms with van der Waals surface area (Å²) >= 11 is 0. The minimum Gasteiger partial charge on any atom is -0.355 e. The summed E-state index contributed by atoms with van der Waals surface area (Å²) in [5.41, 5.74) is 0. The van der Waals surface area contributed by atoms with Crippen molar-refractivity contribution in [3.05, 3.63) is 0 Å². The second-order valence-corrected chi connectivity index (χ2v) is 5.83. The van der Waals surface area contributed by atoms with Gasteiger partial charge in [-0.15, -0.1) is 0 Å². The molecule has 96 valence electrons. The molecule has 0 aliphatic carbocycles. The number of carbonyl (C=O) groups excluding carboxylic acids is 1. The lowest BCUT2D eigenvalue weighted by Crippen LogP contribution is -2.38. The summed E-state index contributed by atoms with van der Waals surface area (Å²) in [6.45, 7) is 2.79. The topological polar surface area (TPSA) is 78.5 Å². The minimum absolute atomic E-state index is 0.0130. The van der Waals surface area contributed by atoms with Crippen LogP contribution in [0.15, 0.2) is 0 Å². The molecular formula is C9H21N3O3S. The quantitative estimate of drug-likeness (QED) is 0.542. The monoisotopic (exact) mass is 251 g/mol. The maximum atomic E-state index is 11.2. The highest BCUT2D eigenvalue weighted by molar-refractivity contribution is 7.89. The van der Waals surface area contributed by atoms with E-state index in [-0.39, 0.29) is 18.2 Å². The molecule has 2 N–H and O–H groups in total. The van der Waals surface area contributed by atoms with Gasteiger partial charge in [-0.3, -0.25) is 4.79 Å². The van der Waals surface area contributed by atoms with Crippen molar-refractivity contribution in [1.82, 2.24) is 14.9 Å². The molecule has 0 bridgehead atoms. The molecule has 0 aromatic rings. The van der Waals surface area contributed by atoms with Gasteiger partial charge >= 0.3 is 0 Å². The van der Waals surface area contributed by atoms with Crippen LogP contribution in [0.1, 0.15) is 13.3 Å². The predicted octanol–water partition coefficient (Wildman–Crippen LogP) is -1.01. The number of nitrogens with one attached hydrogen (secondary N) is 2. The number of nitrogens with zero attached hydrogens (tertiary/aromatic N) is 1. The second-order valence-electron chi connectivity index (χ2n) is 3.73. The fourth-order valence-electron chi connectivity index (χ4n) is 0.963. The van der Waals surface area contributed by atoms with Crippen LogP contribution in [0, 0.1) is 0 Å². The van der Waals surface area contributed by atoms with E-state index in [1.54, 1.807) is 0 Å². The van der Waals surface area contributed by atoms with Gasteiger partial charge in [-0.2, -0.15) is 0 Å². The molecule has 0 aliphatic rings. The zero-order chi connectivity index (χ0) is 12.6. The molecule has 7 heteroatoms. The van der Waals surface area contributed by atoms with Crippen molar-refractivity contribution < 1.29 is 13.2 Å². The highest BCUT2D eigenvalue weighted by atomic mass is 32.2. The molecule has 0 atom stereocenters. The Hall–Kier alpha value is -0.660. The van der Waals surface area contributed by atoms with Crippen LogP contribution >= 0.6 is 0 Å². The Morgan fingerprint density at radius 3 is 2.44 bits per heavy atom. The Kier molecular flexibility index (Phi) is 7.27. The largest absolute Gasteiger partial charge is 0.355 e. The normalized spacial score (nSPS) is 11.8. The fraction of sp³-hybridized carbons (Fsp3) is 0.889. The molecule has 0 saturated carbocycles. The summed E-state index contributed by atoms with van der Waals surface area (Å²) in [5, 5.41) is 2.64. The molecule has 6 nitrogen and oxygen atoms in total. The van der Waals surface area contributed by atoms with Crippen LogP contribution in [0.2, 0.25) is 0 Å². The van der Waals surface area contributed by atoms with Gasteiger partial charge < -0.3 is 10.2 Å². The smallest absolute Gasteiger partial charge is 0.235 e. The maximum Gasteiger partial charge on any atom is 0.235 e. The van der Waals surface area contributed by atoms with E-state index in [0.717, 1.165) is 13.0 Å². The lowest BCUT2D eigenvalue weighted by molar-refractivity contribution is -0.119. The van der Waals surface area contributed by atoms with Crippen LogP contribution in [0.4, 0.5) is 0 Å². The molecule has 0 aromatic heterocycles. The van der Waals surface area contributed by atoms with E-state index in [4.69, 9.17) is 0 Å². The molecule has 0 aliphatic heterocycles. The zero-order valence-electron chi connectivity index (χ0n) is 10.1. The van der Waals surface area contributed by atoms with Crippen LogP contribution in [0.5, 0.6) is 0 Å². The molecule has 0 heterocycles. The Morgan fingerprint density at radius 2 is 1.94 bits per heavy atom. The molecule has 1 amide bonds. The molecule has 0 aromatic carbocycles. The van der Waals surface area contributed by atoms with E-state index in [2.05, 4.69) is 10.0 Å². The van der Waals surface area contributed by atoms with E-state index in [0.29, 0.717) is 6.54 Å². The van der Waals surface area contributed by atoms with E-state index in [9.17, 15) is 13.2 Å². The van der Waals surface area contributed by atoms with Crippen molar-refractivity contribution in [2.45, 2.75) is 13.3 Å². The van der Waals surface area contributed by atoms with Crippen molar-refractivity contribution in [2.75, 3.05) is 39.5 Å². The van der Waals surface area contributed by atoms with E-state index >= 15 is 0 Å². The highest BCUT2D eigenvalue weighted by Crippen LogP contribution is 1.82. The van der Waals surface area contributed by atoms with E-state index in [1.807, 2.05) is 19.0 Å². The van der Waals surface area contributed by atoms with E-state index < -0.39 is 10.0 Å². The first-order chi connectivity index (χ1) is 7.37. The van der Waals surface area contributed by atoms with Gasteiger partial charge in [-0.05, 0) is 34.0 Å². The Balaban J connectivity index is 3.60. The molecule has 0 saturated heterocycles. The van der Waals surface area contributed by atoms with Crippen molar-refractivity contribution in [3.8, 4) is 0 Å². The molecule has 0 rings (SSSR count). The third kappa shape index (κ3) is 8.63. The number of hydrogen-bond donors (Lipinski definition) is 2. The van der Waals surface area contributed by atoms with Gasteiger partial charge in [-0.25, -0.2) is 13.1 Å². The number of sulfonamides is 1. The third-order valence-electron chi connectivity index (χ3n) is 1.94. The summed E-state index contributed by atoms with van der Waals surface area (Å²) < 4.78 is 24.3. The van der Waals surface area contributed by atoms with Gasteiger partial charge in [0.25, 0.3) is 0 Å².